The molecule has 10 heavy (non-hydrogen) atoms. The molecule has 0 atom stereocenters. The van der Waals surface area contributed by atoms with Gasteiger partial charge in [-0.3, -0.25) is 0 Å². The van der Waals surface area contributed by atoms with Gasteiger partial charge in [0, 0.05) is 16.1 Å². The van der Waals surface area contributed by atoms with Crippen molar-refractivity contribution in [3.8, 4) is 0 Å². The summed E-state index contributed by atoms with van der Waals surface area (Å²) in [4.78, 5) is 0. The lowest BCUT2D eigenvalue weighted by molar-refractivity contribution is 1.53. The summed E-state index contributed by atoms with van der Waals surface area (Å²) in [6.07, 6.45) is 0. The maximum absolute atomic E-state index is 3.23. The summed E-state index contributed by atoms with van der Waals surface area (Å²) in [5.74, 6) is 0. The van der Waals surface area contributed by atoms with Gasteiger partial charge in [0.25, 0.3) is 0 Å². The minimum absolute atomic E-state index is 1.27. The van der Waals surface area contributed by atoms with Crippen LogP contribution in [0.5, 0.6) is 0 Å². The molecular formula is C8H6S2. The third kappa shape index (κ3) is 0.724. The summed E-state index contributed by atoms with van der Waals surface area (Å²) in [5, 5.41) is 7.83. The van der Waals surface area contributed by atoms with Crippen molar-refractivity contribution in [2.24, 2.45) is 0 Å². The van der Waals surface area contributed by atoms with Gasteiger partial charge in [-0.1, -0.05) is 0 Å². The van der Waals surface area contributed by atoms with E-state index in [1.54, 1.807) is 22.7 Å². The number of hydrogen-bond donors (Lipinski definition) is 0. The third-order valence-electron chi connectivity index (χ3n) is 1.55. The molecule has 2 heterocycles. The van der Waals surface area contributed by atoms with Crippen LogP contribution in [0.25, 0.3) is 9.40 Å². The molecule has 0 fully saturated rings. The van der Waals surface area contributed by atoms with Gasteiger partial charge in [-0.05, 0) is 25.0 Å². The quantitative estimate of drug-likeness (QED) is 0.564. The minimum Gasteiger partial charge on any atom is -0.123 e. The molecular weight excluding hydrogens is 160 g/mol. The van der Waals surface area contributed by atoms with Crippen molar-refractivity contribution in [1.82, 2.24) is 0 Å². The average Bonchev–Trinajstić information content (AvgIpc) is 2.40. The van der Waals surface area contributed by atoms with Gasteiger partial charge in [-0.15, -0.1) is 22.7 Å². The van der Waals surface area contributed by atoms with Gasteiger partial charge in [-0.25, -0.2) is 0 Å². The highest BCUT2D eigenvalue weighted by molar-refractivity contribution is 7.36. The molecule has 0 aliphatic rings. The van der Waals surface area contributed by atoms with Crippen molar-refractivity contribution in [2.75, 3.05) is 0 Å². The predicted molar refractivity (Wildman–Crippen MR) is 46.8 cm³/mol. The monoisotopic (exact) mass is 166 g/mol. The molecule has 2 rings (SSSR count). The molecule has 0 saturated carbocycles. The third-order valence-corrected chi connectivity index (χ3v) is 3.64. The highest BCUT2D eigenvalue weighted by Crippen LogP contribution is 2.32. The van der Waals surface area contributed by atoms with Crippen LogP contribution in [0.4, 0.5) is 0 Å². The Kier molecular flexibility index (Phi) is 1.32. The fourth-order valence-corrected chi connectivity index (χ4v) is 2.99. The van der Waals surface area contributed by atoms with Crippen LogP contribution in [0.2, 0.25) is 0 Å². The minimum atomic E-state index is 1.27. The predicted octanol–water partition coefficient (Wildman–Crippen LogP) is 3.18. The van der Waals surface area contributed by atoms with Crippen LogP contribution in [-0.4, -0.2) is 0 Å². The van der Waals surface area contributed by atoms with E-state index in [1.165, 1.54) is 20.5 Å². The molecule has 0 aliphatic carbocycles. The average molecular weight is 166 g/mol. The lowest BCUT2D eigenvalue weighted by Gasteiger charge is -1.83. The Morgan fingerprint density at radius 2 is 1.50 bits per heavy atom. The van der Waals surface area contributed by atoms with Crippen LogP contribution in [0.3, 0.4) is 0 Å². The van der Waals surface area contributed by atoms with E-state index in [4.69, 9.17) is 0 Å². The Labute approximate surface area is 68.1 Å². The van der Waals surface area contributed by atoms with Crippen LogP contribution in [0.1, 0.15) is 11.1 Å². The SMILES string of the molecule is Cc1[c]sc2s[c]c(C)c12. The van der Waals surface area contributed by atoms with Gasteiger partial charge in [-0.2, -0.15) is 0 Å². The van der Waals surface area contributed by atoms with E-state index >= 15 is 0 Å². The largest absolute Gasteiger partial charge is 0.123 e. The number of rotatable bonds is 0. The summed E-state index contributed by atoms with van der Waals surface area (Å²) >= 11 is 3.39. The molecule has 2 aromatic rings. The van der Waals surface area contributed by atoms with Gasteiger partial charge >= 0.3 is 0 Å². The molecule has 0 bridgehead atoms. The van der Waals surface area contributed by atoms with Gasteiger partial charge in [0.1, 0.15) is 0 Å². The number of fused-ring (bicyclic) bond motifs is 1. The summed E-state index contributed by atoms with van der Waals surface area (Å²) in [5.41, 5.74) is 2.55. The zero-order valence-corrected chi connectivity index (χ0v) is 7.45. The first-order valence-corrected chi connectivity index (χ1v) is 4.70. The summed E-state index contributed by atoms with van der Waals surface area (Å²) in [7, 11) is 0. The van der Waals surface area contributed by atoms with E-state index in [-0.39, 0.29) is 0 Å². The molecule has 0 spiro atoms. The van der Waals surface area contributed by atoms with E-state index in [9.17, 15) is 0 Å². The summed E-state index contributed by atoms with van der Waals surface area (Å²) < 4.78 is 1.36. The Morgan fingerprint density at radius 1 is 1.00 bits per heavy atom. The highest BCUT2D eigenvalue weighted by Gasteiger charge is 2.04. The van der Waals surface area contributed by atoms with Crippen LogP contribution in [0.15, 0.2) is 0 Å². The van der Waals surface area contributed by atoms with Gasteiger partial charge < -0.3 is 0 Å². The van der Waals surface area contributed by atoms with Crippen LogP contribution >= 0.6 is 22.7 Å². The first-order valence-electron chi connectivity index (χ1n) is 3.07. The second-order valence-corrected chi connectivity index (χ2v) is 4.21. The second-order valence-electron chi connectivity index (χ2n) is 2.32. The van der Waals surface area contributed by atoms with Crippen molar-refractivity contribution >= 4 is 32.1 Å². The Hall–Kier alpha value is -0.340. The van der Waals surface area contributed by atoms with Crippen LogP contribution in [0, 0.1) is 24.6 Å². The lowest BCUT2D eigenvalue weighted by Crippen LogP contribution is -1.65. The van der Waals surface area contributed by atoms with Crippen molar-refractivity contribution in [3.63, 3.8) is 0 Å². The molecule has 2 heteroatoms. The highest BCUT2D eigenvalue weighted by atomic mass is 32.2. The number of hydrogen-bond acceptors (Lipinski definition) is 2. The maximum atomic E-state index is 3.23. The summed E-state index contributed by atoms with van der Waals surface area (Å²) in [6, 6.07) is 0. The Morgan fingerprint density at radius 3 is 1.90 bits per heavy atom. The smallest absolute Gasteiger partial charge is 0.0884 e. The zero-order valence-electron chi connectivity index (χ0n) is 5.82. The first-order chi connectivity index (χ1) is 4.79. The fourth-order valence-electron chi connectivity index (χ4n) is 1.06. The maximum Gasteiger partial charge on any atom is 0.0884 e. The van der Waals surface area contributed by atoms with Crippen molar-refractivity contribution < 1.29 is 0 Å². The lowest BCUT2D eigenvalue weighted by atomic mass is 10.2. The molecule has 0 amide bonds. The second kappa shape index (κ2) is 2.07. The molecule has 2 aromatic heterocycles. The van der Waals surface area contributed by atoms with Crippen molar-refractivity contribution in [2.45, 2.75) is 13.8 Å². The fraction of sp³-hybridized carbons (Fsp3) is 0.250. The van der Waals surface area contributed by atoms with Crippen LogP contribution < -0.4 is 0 Å². The van der Waals surface area contributed by atoms with E-state index in [1.807, 2.05) is 0 Å². The molecule has 0 unspecified atom stereocenters. The number of aryl methyl sites for hydroxylation is 2. The summed E-state index contributed by atoms with van der Waals surface area (Å²) in [6.45, 7) is 4.21. The van der Waals surface area contributed by atoms with Gasteiger partial charge in [0.05, 0.1) is 4.01 Å². The van der Waals surface area contributed by atoms with Crippen molar-refractivity contribution in [3.05, 3.63) is 21.9 Å². The van der Waals surface area contributed by atoms with E-state index < -0.39 is 0 Å². The van der Waals surface area contributed by atoms with Crippen LogP contribution in [-0.2, 0) is 0 Å². The standard InChI is InChI=1S/C8H6S2/c1-5-3-9-8-7(5)6(2)4-10-8/h1-2H3. The molecule has 2 radical (unpaired) electrons. The van der Waals surface area contributed by atoms with Gasteiger partial charge in [0.2, 0.25) is 0 Å². The molecule has 0 N–H and O–H groups in total. The first kappa shape index (κ1) is 6.38. The molecule has 0 nitrogen and oxygen atoms in total. The number of thiophene rings is 2. The molecule has 0 aromatic carbocycles. The van der Waals surface area contributed by atoms with Gasteiger partial charge in [0.15, 0.2) is 0 Å². The van der Waals surface area contributed by atoms with E-state index in [0.29, 0.717) is 0 Å². The Balaban J connectivity index is 2.98. The normalized spacial score (nSPS) is 11.0. The molecule has 0 aliphatic heterocycles. The molecule has 50 valence electrons. The zero-order chi connectivity index (χ0) is 7.14. The Bertz CT molecular complexity index is 323. The van der Waals surface area contributed by atoms with E-state index in [2.05, 4.69) is 24.6 Å². The molecule has 0 saturated heterocycles. The van der Waals surface area contributed by atoms with Crippen molar-refractivity contribution in [1.29, 1.82) is 0 Å². The topological polar surface area (TPSA) is 0 Å². The van der Waals surface area contributed by atoms with E-state index in [0.717, 1.165) is 0 Å².